The van der Waals surface area contributed by atoms with Gasteiger partial charge in [0.05, 0.1) is 13.2 Å². The molecule has 2 aliphatic rings. The monoisotopic (exact) mass is 194 g/mol. The third-order valence-electron chi connectivity index (χ3n) is 2.66. The number of hydrogen-bond donors (Lipinski definition) is 1. The first kappa shape index (κ1) is 9.74. The summed E-state index contributed by atoms with van der Waals surface area (Å²) < 4.78 is 5.63. The van der Waals surface area contributed by atoms with E-state index in [9.17, 15) is 0 Å². The SMILES string of the molecule is CN1C=CC=C(COCC2CCN2)C1. The smallest absolute Gasteiger partial charge is 0.0697 e. The molecule has 0 bridgehead atoms. The number of ether oxygens (including phenoxy) is 1. The van der Waals surface area contributed by atoms with Gasteiger partial charge in [-0.3, -0.25) is 0 Å². The van der Waals surface area contributed by atoms with Gasteiger partial charge in [-0.1, -0.05) is 6.08 Å². The molecule has 2 aliphatic heterocycles. The molecule has 0 aliphatic carbocycles. The zero-order valence-electron chi connectivity index (χ0n) is 8.70. The van der Waals surface area contributed by atoms with Crippen LogP contribution in [-0.4, -0.2) is 44.3 Å². The van der Waals surface area contributed by atoms with Crippen molar-refractivity contribution in [3.8, 4) is 0 Å². The minimum Gasteiger partial charge on any atom is -0.376 e. The zero-order chi connectivity index (χ0) is 9.80. The molecule has 0 amide bonds. The van der Waals surface area contributed by atoms with Crippen molar-refractivity contribution in [2.75, 3.05) is 33.4 Å². The summed E-state index contributed by atoms with van der Waals surface area (Å²) in [4.78, 5) is 2.17. The molecule has 2 rings (SSSR count). The normalized spacial score (nSPS) is 25.9. The molecular weight excluding hydrogens is 176 g/mol. The number of hydrogen-bond acceptors (Lipinski definition) is 3. The third-order valence-corrected chi connectivity index (χ3v) is 2.66. The van der Waals surface area contributed by atoms with Crippen LogP contribution >= 0.6 is 0 Å². The molecule has 3 heteroatoms. The predicted octanol–water partition coefficient (Wildman–Crippen LogP) is 0.750. The predicted molar refractivity (Wildman–Crippen MR) is 57.1 cm³/mol. The average Bonchev–Trinajstić information content (AvgIpc) is 2.09. The fourth-order valence-corrected chi connectivity index (χ4v) is 1.67. The van der Waals surface area contributed by atoms with Crippen molar-refractivity contribution in [3.05, 3.63) is 23.9 Å². The molecule has 1 saturated heterocycles. The van der Waals surface area contributed by atoms with Gasteiger partial charge in [-0.2, -0.15) is 0 Å². The molecule has 1 atom stereocenters. The summed E-state index contributed by atoms with van der Waals surface area (Å²) in [6, 6.07) is 0.604. The van der Waals surface area contributed by atoms with Gasteiger partial charge in [-0.05, 0) is 30.8 Å². The largest absolute Gasteiger partial charge is 0.376 e. The summed E-state index contributed by atoms with van der Waals surface area (Å²) >= 11 is 0. The van der Waals surface area contributed by atoms with Crippen molar-refractivity contribution < 1.29 is 4.74 Å². The highest BCUT2D eigenvalue weighted by Crippen LogP contribution is 2.07. The number of rotatable bonds is 4. The number of nitrogens with one attached hydrogen (secondary N) is 1. The van der Waals surface area contributed by atoms with Crippen molar-refractivity contribution in [1.29, 1.82) is 0 Å². The Morgan fingerprint density at radius 2 is 2.50 bits per heavy atom. The first-order chi connectivity index (χ1) is 6.84. The summed E-state index contributed by atoms with van der Waals surface area (Å²) in [5, 5.41) is 3.32. The lowest BCUT2D eigenvalue weighted by Crippen LogP contribution is -2.46. The van der Waals surface area contributed by atoms with Gasteiger partial charge in [0, 0.05) is 19.6 Å². The van der Waals surface area contributed by atoms with Gasteiger partial charge in [0.25, 0.3) is 0 Å². The second kappa shape index (κ2) is 4.62. The van der Waals surface area contributed by atoms with Gasteiger partial charge in [0.2, 0.25) is 0 Å². The van der Waals surface area contributed by atoms with E-state index < -0.39 is 0 Å². The molecule has 0 radical (unpaired) electrons. The second-order valence-corrected chi connectivity index (χ2v) is 4.04. The van der Waals surface area contributed by atoms with Crippen LogP contribution in [0.5, 0.6) is 0 Å². The molecule has 0 aromatic heterocycles. The molecule has 78 valence electrons. The average molecular weight is 194 g/mol. The Balaban J connectivity index is 1.64. The molecule has 14 heavy (non-hydrogen) atoms. The summed E-state index contributed by atoms with van der Waals surface area (Å²) in [6.07, 6.45) is 7.56. The van der Waals surface area contributed by atoms with E-state index in [2.05, 4.69) is 35.6 Å². The minimum absolute atomic E-state index is 0.604. The van der Waals surface area contributed by atoms with E-state index in [1.165, 1.54) is 12.0 Å². The van der Waals surface area contributed by atoms with Crippen LogP contribution in [0.4, 0.5) is 0 Å². The molecule has 0 aromatic carbocycles. The van der Waals surface area contributed by atoms with Crippen LogP contribution in [0.2, 0.25) is 0 Å². The van der Waals surface area contributed by atoms with E-state index in [1.54, 1.807) is 0 Å². The summed E-state index contributed by atoms with van der Waals surface area (Å²) in [5.41, 5.74) is 1.36. The first-order valence-corrected chi connectivity index (χ1v) is 5.22. The van der Waals surface area contributed by atoms with Crippen molar-refractivity contribution in [3.63, 3.8) is 0 Å². The highest BCUT2D eigenvalue weighted by atomic mass is 16.5. The van der Waals surface area contributed by atoms with E-state index in [1.807, 2.05) is 0 Å². The van der Waals surface area contributed by atoms with Crippen molar-refractivity contribution in [1.82, 2.24) is 10.2 Å². The Bertz CT molecular complexity index is 244. The van der Waals surface area contributed by atoms with Crippen LogP contribution in [0, 0.1) is 0 Å². The summed E-state index contributed by atoms with van der Waals surface area (Å²) in [6.45, 7) is 3.77. The maximum atomic E-state index is 5.63. The van der Waals surface area contributed by atoms with E-state index in [0.29, 0.717) is 6.04 Å². The fourth-order valence-electron chi connectivity index (χ4n) is 1.67. The van der Waals surface area contributed by atoms with Gasteiger partial charge in [-0.25, -0.2) is 0 Å². The van der Waals surface area contributed by atoms with Crippen LogP contribution < -0.4 is 5.32 Å². The quantitative estimate of drug-likeness (QED) is 0.714. The van der Waals surface area contributed by atoms with Gasteiger partial charge in [0.1, 0.15) is 0 Å². The number of nitrogens with zero attached hydrogens (tertiary/aromatic N) is 1. The molecule has 0 saturated carbocycles. The minimum atomic E-state index is 0.604. The molecule has 0 aromatic rings. The van der Waals surface area contributed by atoms with Crippen molar-refractivity contribution >= 4 is 0 Å². The fraction of sp³-hybridized carbons (Fsp3) is 0.636. The lowest BCUT2D eigenvalue weighted by atomic mass is 10.1. The van der Waals surface area contributed by atoms with Crippen LogP contribution in [0.3, 0.4) is 0 Å². The summed E-state index contributed by atoms with van der Waals surface area (Å²) in [5.74, 6) is 0. The van der Waals surface area contributed by atoms with Crippen LogP contribution in [0.15, 0.2) is 23.9 Å². The standard InChI is InChI=1S/C11H18N2O/c1-13-6-2-3-10(7-13)8-14-9-11-4-5-12-11/h2-3,6,11-12H,4-5,7-9H2,1H3. The van der Waals surface area contributed by atoms with Crippen LogP contribution in [0.1, 0.15) is 6.42 Å². The maximum absolute atomic E-state index is 5.63. The lowest BCUT2D eigenvalue weighted by Gasteiger charge is -2.27. The van der Waals surface area contributed by atoms with Crippen molar-refractivity contribution in [2.24, 2.45) is 0 Å². The van der Waals surface area contributed by atoms with Gasteiger partial charge >= 0.3 is 0 Å². The Hall–Kier alpha value is -0.800. The Labute approximate surface area is 85.4 Å². The molecule has 1 fully saturated rings. The Morgan fingerprint density at radius 1 is 1.64 bits per heavy atom. The molecule has 0 spiro atoms. The highest BCUT2D eigenvalue weighted by molar-refractivity contribution is 5.18. The zero-order valence-corrected chi connectivity index (χ0v) is 8.70. The topological polar surface area (TPSA) is 24.5 Å². The highest BCUT2D eigenvalue weighted by Gasteiger charge is 2.16. The molecule has 3 nitrogen and oxygen atoms in total. The second-order valence-electron chi connectivity index (χ2n) is 4.04. The third kappa shape index (κ3) is 2.59. The number of allylic oxidation sites excluding steroid dienone is 2. The van der Waals surface area contributed by atoms with E-state index in [-0.39, 0.29) is 0 Å². The Kier molecular flexibility index (Phi) is 3.22. The summed E-state index contributed by atoms with van der Waals surface area (Å²) in [7, 11) is 2.08. The van der Waals surface area contributed by atoms with E-state index in [0.717, 1.165) is 26.3 Å². The van der Waals surface area contributed by atoms with Gasteiger partial charge in [0.15, 0.2) is 0 Å². The molecular formula is C11H18N2O. The lowest BCUT2D eigenvalue weighted by molar-refractivity contribution is 0.106. The molecule has 1 unspecified atom stereocenters. The van der Waals surface area contributed by atoms with Gasteiger partial charge in [-0.15, -0.1) is 0 Å². The van der Waals surface area contributed by atoms with Crippen LogP contribution in [0.25, 0.3) is 0 Å². The van der Waals surface area contributed by atoms with E-state index in [4.69, 9.17) is 4.74 Å². The number of likely N-dealkylation sites (N-methyl/N-ethyl adjacent to an activating group) is 1. The van der Waals surface area contributed by atoms with Crippen LogP contribution in [-0.2, 0) is 4.74 Å². The maximum Gasteiger partial charge on any atom is 0.0697 e. The van der Waals surface area contributed by atoms with E-state index >= 15 is 0 Å². The first-order valence-electron chi connectivity index (χ1n) is 5.22. The van der Waals surface area contributed by atoms with Gasteiger partial charge < -0.3 is 15.0 Å². The Morgan fingerprint density at radius 3 is 3.14 bits per heavy atom. The van der Waals surface area contributed by atoms with Crippen molar-refractivity contribution in [2.45, 2.75) is 12.5 Å². The molecule has 1 N–H and O–H groups in total. The molecule has 2 heterocycles.